The van der Waals surface area contributed by atoms with E-state index in [4.69, 9.17) is 11.6 Å². The van der Waals surface area contributed by atoms with Gasteiger partial charge in [-0.1, -0.05) is 11.6 Å². The third kappa shape index (κ3) is 4.12. The predicted octanol–water partition coefficient (Wildman–Crippen LogP) is 3.15. The number of benzene rings is 1. The van der Waals surface area contributed by atoms with Crippen molar-refractivity contribution in [3.05, 3.63) is 34.6 Å². The standard InChI is InChI=1S/C24H25ClN10O/c1-3-28-21-22-29-13-16(12-27)35(22)32-23(31-21)30-17-8-15(11-26)9-18(20(17)25)34-6-4-24(5-7-34)10-19(36)33(2)14-24/h8-9,13H,3-7,10,14H2,1-2H3,(H2,28,30,31,32). The van der Waals surface area contributed by atoms with Gasteiger partial charge in [0.2, 0.25) is 11.9 Å². The zero-order valence-corrected chi connectivity index (χ0v) is 20.8. The smallest absolute Gasteiger partial charge is 0.247 e. The minimum Gasteiger partial charge on any atom is -0.370 e. The lowest BCUT2D eigenvalue weighted by Crippen LogP contribution is -2.41. The van der Waals surface area contributed by atoms with Gasteiger partial charge in [0.15, 0.2) is 17.2 Å². The molecule has 3 aromatic rings. The SMILES string of the molecule is CCNc1nc(Nc2cc(C#N)cc(N3CCC4(CC3)CC(=O)N(C)C4)c2Cl)nn2c(C#N)cnc12. The van der Waals surface area contributed by atoms with Crippen LogP contribution in [0, 0.1) is 28.1 Å². The molecule has 1 spiro atoms. The summed E-state index contributed by atoms with van der Waals surface area (Å²) in [5.41, 5.74) is 2.40. The second kappa shape index (κ2) is 9.17. The van der Waals surface area contributed by atoms with Gasteiger partial charge in [-0.25, -0.2) is 4.98 Å². The number of amides is 1. The summed E-state index contributed by atoms with van der Waals surface area (Å²) < 4.78 is 1.42. The molecule has 0 radical (unpaired) electrons. The van der Waals surface area contributed by atoms with E-state index < -0.39 is 0 Å². The molecule has 12 heteroatoms. The number of fused-ring (bicyclic) bond motifs is 1. The van der Waals surface area contributed by atoms with Gasteiger partial charge in [-0.15, -0.1) is 5.10 Å². The Morgan fingerprint density at radius 1 is 1.22 bits per heavy atom. The Balaban J connectivity index is 1.46. The largest absolute Gasteiger partial charge is 0.370 e. The Hall–Kier alpha value is -4.09. The predicted molar refractivity (Wildman–Crippen MR) is 135 cm³/mol. The monoisotopic (exact) mass is 504 g/mol. The van der Waals surface area contributed by atoms with E-state index in [1.807, 2.05) is 18.9 Å². The van der Waals surface area contributed by atoms with Gasteiger partial charge in [-0.2, -0.15) is 20.0 Å². The van der Waals surface area contributed by atoms with Gasteiger partial charge >= 0.3 is 0 Å². The molecule has 1 amide bonds. The lowest BCUT2D eigenvalue weighted by molar-refractivity contribution is -0.126. The van der Waals surface area contributed by atoms with Crippen molar-refractivity contribution in [1.82, 2.24) is 24.5 Å². The molecule has 0 bridgehead atoms. The van der Waals surface area contributed by atoms with Crippen LogP contribution < -0.4 is 15.5 Å². The maximum absolute atomic E-state index is 12.1. The van der Waals surface area contributed by atoms with Crippen molar-refractivity contribution in [2.75, 3.05) is 48.8 Å². The van der Waals surface area contributed by atoms with Crippen molar-refractivity contribution in [1.29, 1.82) is 10.5 Å². The van der Waals surface area contributed by atoms with Crippen LogP contribution in [0.1, 0.15) is 37.4 Å². The molecule has 36 heavy (non-hydrogen) atoms. The van der Waals surface area contributed by atoms with Gasteiger partial charge in [0.25, 0.3) is 0 Å². The van der Waals surface area contributed by atoms with E-state index in [0.29, 0.717) is 40.7 Å². The van der Waals surface area contributed by atoms with E-state index in [1.165, 1.54) is 10.7 Å². The highest BCUT2D eigenvalue weighted by Crippen LogP contribution is 2.44. The van der Waals surface area contributed by atoms with E-state index in [2.05, 4.69) is 42.7 Å². The van der Waals surface area contributed by atoms with Gasteiger partial charge in [0.05, 0.1) is 34.2 Å². The molecule has 2 saturated heterocycles. The van der Waals surface area contributed by atoms with E-state index in [0.717, 1.165) is 38.2 Å². The Morgan fingerprint density at radius 3 is 2.64 bits per heavy atom. The zero-order chi connectivity index (χ0) is 25.4. The van der Waals surface area contributed by atoms with Crippen LogP contribution >= 0.6 is 11.6 Å². The van der Waals surface area contributed by atoms with Crippen LogP contribution in [0.3, 0.4) is 0 Å². The Labute approximate surface area is 213 Å². The molecule has 1 aromatic carbocycles. The van der Waals surface area contributed by atoms with Gasteiger partial charge in [-0.05, 0) is 31.9 Å². The average Bonchev–Trinajstić information content (AvgIpc) is 3.41. The summed E-state index contributed by atoms with van der Waals surface area (Å²) in [6.45, 7) is 4.80. The Bertz CT molecular complexity index is 1430. The third-order valence-electron chi connectivity index (χ3n) is 6.94. The number of hydrogen-bond acceptors (Lipinski definition) is 9. The molecule has 5 rings (SSSR count). The molecular formula is C24H25ClN10O. The lowest BCUT2D eigenvalue weighted by atomic mass is 9.77. The minimum atomic E-state index is 0.0118. The highest BCUT2D eigenvalue weighted by atomic mass is 35.5. The fourth-order valence-corrected chi connectivity index (χ4v) is 5.35. The lowest BCUT2D eigenvalue weighted by Gasteiger charge is -2.40. The molecule has 4 heterocycles. The molecule has 0 saturated carbocycles. The second-order valence-electron chi connectivity index (χ2n) is 9.31. The van der Waals surface area contributed by atoms with E-state index >= 15 is 0 Å². The fraction of sp³-hybridized carbons (Fsp3) is 0.417. The number of anilines is 4. The summed E-state index contributed by atoms with van der Waals surface area (Å²) in [6, 6.07) is 7.72. The average molecular weight is 505 g/mol. The van der Waals surface area contributed by atoms with Crippen molar-refractivity contribution in [3.8, 4) is 12.1 Å². The number of carbonyl (C=O) groups is 1. The number of piperidine rings is 1. The van der Waals surface area contributed by atoms with E-state index in [-0.39, 0.29) is 23.0 Å². The number of carbonyl (C=O) groups excluding carboxylic acids is 1. The Morgan fingerprint density at radius 2 is 2.00 bits per heavy atom. The maximum atomic E-state index is 12.1. The number of aromatic nitrogens is 4. The van der Waals surface area contributed by atoms with Gasteiger partial charge in [-0.3, -0.25) is 4.79 Å². The highest BCUT2D eigenvalue weighted by Gasteiger charge is 2.43. The first-order chi connectivity index (χ1) is 17.4. The summed E-state index contributed by atoms with van der Waals surface area (Å²) in [4.78, 5) is 24.9. The van der Waals surface area contributed by atoms with Crippen molar-refractivity contribution >= 4 is 46.3 Å². The molecule has 184 valence electrons. The van der Waals surface area contributed by atoms with Crippen molar-refractivity contribution in [2.45, 2.75) is 26.2 Å². The number of hydrogen-bond donors (Lipinski definition) is 2. The van der Waals surface area contributed by atoms with Crippen LogP contribution in [0.25, 0.3) is 5.65 Å². The Kier molecular flexibility index (Phi) is 6.02. The van der Waals surface area contributed by atoms with Crippen LogP contribution in [0.15, 0.2) is 18.3 Å². The number of nitriles is 2. The number of rotatable bonds is 5. The van der Waals surface area contributed by atoms with Gasteiger partial charge < -0.3 is 20.4 Å². The summed E-state index contributed by atoms with van der Waals surface area (Å²) in [6.07, 6.45) is 3.78. The van der Waals surface area contributed by atoms with Gasteiger partial charge in [0.1, 0.15) is 6.07 Å². The number of likely N-dealkylation sites (tertiary alicyclic amines) is 1. The fourth-order valence-electron chi connectivity index (χ4n) is 5.07. The number of halogens is 1. The zero-order valence-electron chi connectivity index (χ0n) is 20.0. The van der Waals surface area contributed by atoms with Crippen molar-refractivity contribution < 1.29 is 4.79 Å². The summed E-state index contributed by atoms with van der Waals surface area (Å²) in [5.74, 6) is 0.883. The maximum Gasteiger partial charge on any atom is 0.247 e. The van der Waals surface area contributed by atoms with E-state index in [9.17, 15) is 15.3 Å². The first-order valence-corrected chi connectivity index (χ1v) is 12.1. The molecule has 11 nitrogen and oxygen atoms in total. The van der Waals surface area contributed by atoms with Crippen molar-refractivity contribution in [2.24, 2.45) is 5.41 Å². The topological polar surface area (TPSA) is 138 Å². The third-order valence-corrected chi connectivity index (χ3v) is 7.34. The summed E-state index contributed by atoms with van der Waals surface area (Å²) in [7, 11) is 1.86. The normalized spacial score (nSPS) is 16.9. The quantitative estimate of drug-likeness (QED) is 0.536. The summed E-state index contributed by atoms with van der Waals surface area (Å²) in [5, 5.41) is 30.3. The minimum absolute atomic E-state index is 0.0118. The van der Waals surface area contributed by atoms with Crippen LogP contribution in [0.5, 0.6) is 0 Å². The molecule has 0 atom stereocenters. The second-order valence-corrected chi connectivity index (χ2v) is 9.69. The molecule has 0 aliphatic carbocycles. The molecule has 2 N–H and O–H groups in total. The summed E-state index contributed by atoms with van der Waals surface area (Å²) >= 11 is 6.86. The molecule has 2 aliphatic rings. The van der Waals surface area contributed by atoms with Crippen LogP contribution in [0.2, 0.25) is 5.02 Å². The van der Waals surface area contributed by atoms with Crippen LogP contribution in [-0.2, 0) is 4.79 Å². The van der Waals surface area contributed by atoms with Crippen molar-refractivity contribution in [3.63, 3.8) is 0 Å². The van der Waals surface area contributed by atoms with Gasteiger partial charge in [0, 0.05) is 45.1 Å². The first-order valence-electron chi connectivity index (χ1n) is 11.8. The van der Waals surface area contributed by atoms with E-state index in [1.54, 1.807) is 12.1 Å². The van der Waals surface area contributed by atoms with Crippen LogP contribution in [-0.4, -0.2) is 63.6 Å². The first kappa shape index (κ1) is 23.6. The van der Waals surface area contributed by atoms with Crippen LogP contribution in [0.4, 0.5) is 23.1 Å². The number of imidazole rings is 1. The molecule has 2 fully saturated rings. The molecule has 2 aliphatic heterocycles. The highest BCUT2D eigenvalue weighted by molar-refractivity contribution is 6.36. The number of nitrogens with zero attached hydrogens (tertiary/aromatic N) is 8. The molecule has 0 unspecified atom stereocenters. The molecular weight excluding hydrogens is 480 g/mol. The number of nitrogens with one attached hydrogen (secondary N) is 2. The molecule has 2 aromatic heterocycles.